The number of benzene rings is 1. The van der Waals surface area contributed by atoms with Crippen molar-refractivity contribution in [1.82, 2.24) is 0 Å². The number of rotatable bonds is 5. The summed E-state index contributed by atoms with van der Waals surface area (Å²) in [6, 6.07) is 4.75. The average Bonchev–Trinajstić information content (AvgIpc) is 2.15. The van der Waals surface area contributed by atoms with Gasteiger partial charge >= 0.3 is 5.97 Å². The van der Waals surface area contributed by atoms with Crippen LogP contribution in [-0.4, -0.2) is 23.3 Å². The highest BCUT2D eigenvalue weighted by Crippen LogP contribution is 2.26. The summed E-state index contributed by atoms with van der Waals surface area (Å²) < 4.78 is 11.0. The van der Waals surface area contributed by atoms with Gasteiger partial charge in [0.2, 0.25) is 0 Å². The third-order valence-corrected chi connectivity index (χ3v) is 1.92. The van der Waals surface area contributed by atoms with Gasteiger partial charge in [-0.15, -0.1) is 0 Å². The number of hydrogen-bond donors (Lipinski definition) is 1. The molecule has 0 unspecified atom stereocenters. The van der Waals surface area contributed by atoms with E-state index in [9.17, 15) is 4.79 Å². The number of ether oxygens (including phenoxy) is 2. The number of aromatic carboxylic acids is 1. The molecule has 0 aromatic heterocycles. The minimum absolute atomic E-state index is 0.0394. The van der Waals surface area contributed by atoms with E-state index in [0.717, 1.165) is 0 Å². The van der Waals surface area contributed by atoms with E-state index in [1.54, 1.807) is 12.1 Å². The van der Waals surface area contributed by atoms with Crippen LogP contribution in [0.15, 0.2) is 18.2 Å². The van der Waals surface area contributed by atoms with Gasteiger partial charge in [-0.1, -0.05) is 0 Å². The Morgan fingerprint density at radius 3 is 2.18 bits per heavy atom. The second-order valence-corrected chi connectivity index (χ2v) is 4.30. The second-order valence-electron chi connectivity index (χ2n) is 4.30. The first-order valence-electron chi connectivity index (χ1n) is 5.60. The zero-order chi connectivity index (χ0) is 13.0. The third kappa shape index (κ3) is 3.98. The van der Waals surface area contributed by atoms with Crippen LogP contribution in [-0.2, 0) is 0 Å². The Hall–Kier alpha value is -1.71. The quantitative estimate of drug-likeness (QED) is 0.856. The largest absolute Gasteiger partial charge is 0.491 e. The van der Waals surface area contributed by atoms with E-state index >= 15 is 0 Å². The third-order valence-electron chi connectivity index (χ3n) is 1.92. The molecule has 17 heavy (non-hydrogen) atoms. The first kappa shape index (κ1) is 13.4. The monoisotopic (exact) mass is 238 g/mol. The molecule has 4 nitrogen and oxygen atoms in total. The number of carboxylic acid groups (broad SMARTS) is 1. The van der Waals surface area contributed by atoms with Crippen molar-refractivity contribution in [3.8, 4) is 11.5 Å². The summed E-state index contributed by atoms with van der Waals surface area (Å²) in [4.78, 5) is 11.0. The standard InChI is InChI=1S/C13H18O4/c1-8(2)16-10-5-6-11(13(14)15)12(7-10)17-9(3)4/h5-9H,1-4H3,(H,14,15). The minimum atomic E-state index is -1.00. The summed E-state index contributed by atoms with van der Waals surface area (Å²) in [7, 11) is 0. The Morgan fingerprint density at radius 1 is 1.12 bits per heavy atom. The molecule has 1 aromatic rings. The normalized spacial score (nSPS) is 10.7. The first-order chi connectivity index (χ1) is 7.90. The maximum Gasteiger partial charge on any atom is 0.339 e. The molecule has 1 rings (SSSR count). The number of hydrogen-bond acceptors (Lipinski definition) is 3. The first-order valence-corrected chi connectivity index (χ1v) is 5.60. The van der Waals surface area contributed by atoms with E-state index in [1.807, 2.05) is 27.7 Å². The molecule has 0 aliphatic carbocycles. The van der Waals surface area contributed by atoms with Crippen LogP contribution < -0.4 is 9.47 Å². The van der Waals surface area contributed by atoms with E-state index in [2.05, 4.69) is 0 Å². The maximum atomic E-state index is 11.0. The van der Waals surface area contributed by atoms with Crippen LogP contribution >= 0.6 is 0 Å². The summed E-state index contributed by atoms with van der Waals surface area (Å²) in [6.45, 7) is 7.52. The molecule has 0 saturated heterocycles. The van der Waals surface area contributed by atoms with Gasteiger partial charge in [-0.2, -0.15) is 0 Å². The lowest BCUT2D eigenvalue weighted by molar-refractivity contribution is 0.0690. The van der Waals surface area contributed by atoms with Crippen molar-refractivity contribution in [1.29, 1.82) is 0 Å². The maximum absolute atomic E-state index is 11.0. The molecule has 0 radical (unpaired) electrons. The SMILES string of the molecule is CC(C)Oc1ccc(C(=O)O)c(OC(C)C)c1. The van der Waals surface area contributed by atoms with Gasteiger partial charge in [-0.05, 0) is 39.8 Å². The molecule has 0 saturated carbocycles. The van der Waals surface area contributed by atoms with E-state index in [4.69, 9.17) is 14.6 Å². The molecule has 0 spiro atoms. The molecule has 4 heteroatoms. The van der Waals surface area contributed by atoms with Crippen molar-refractivity contribution in [2.45, 2.75) is 39.9 Å². The lowest BCUT2D eigenvalue weighted by Crippen LogP contribution is -2.11. The molecule has 1 N–H and O–H groups in total. The topological polar surface area (TPSA) is 55.8 Å². The smallest absolute Gasteiger partial charge is 0.339 e. The van der Waals surface area contributed by atoms with Crippen LogP contribution in [0.5, 0.6) is 11.5 Å². The van der Waals surface area contributed by atoms with Crippen molar-refractivity contribution < 1.29 is 19.4 Å². The summed E-state index contributed by atoms with van der Waals surface area (Å²) in [5.74, 6) is -0.0527. The van der Waals surface area contributed by atoms with Crippen LogP contribution in [0.4, 0.5) is 0 Å². The van der Waals surface area contributed by atoms with E-state index in [-0.39, 0.29) is 17.8 Å². The van der Waals surface area contributed by atoms with E-state index < -0.39 is 5.97 Å². The van der Waals surface area contributed by atoms with Gasteiger partial charge in [-0.25, -0.2) is 4.79 Å². The Balaban J connectivity index is 3.05. The van der Waals surface area contributed by atoms with E-state index in [1.165, 1.54) is 6.07 Å². The number of carboxylic acids is 1. The zero-order valence-corrected chi connectivity index (χ0v) is 10.6. The Kier molecular flexibility index (Phi) is 4.37. The molecular weight excluding hydrogens is 220 g/mol. The van der Waals surface area contributed by atoms with Gasteiger partial charge in [0, 0.05) is 6.07 Å². The molecule has 0 atom stereocenters. The average molecular weight is 238 g/mol. The predicted octanol–water partition coefficient (Wildman–Crippen LogP) is 2.96. The summed E-state index contributed by atoms with van der Waals surface area (Å²) >= 11 is 0. The predicted molar refractivity (Wildman–Crippen MR) is 64.9 cm³/mol. The molecular formula is C13H18O4. The fraction of sp³-hybridized carbons (Fsp3) is 0.462. The van der Waals surface area contributed by atoms with Gasteiger partial charge in [0.15, 0.2) is 0 Å². The Labute approximate surface area is 101 Å². The highest BCUT2D eigenvalue weighted by molar-refractivity contribution is 5.91. The molecule has 0 aliphatic rings. The van der Waals surface area contributed by atoms with Crippen molar-refractivity contribution >= 4 is 5.97 Å². The molecule has 0 amide bonds. The minimum Gasteiger partial charge on any atom is -0.491 e. The van der Waals surface area contributed by atoms with Crippen LogP contribution in [0.2, 0.25) is 0 Å². The van der Waals surface area contributed by atoms with Gasteiger partial charge < -0.3 is 14.6 Å². The van der Waals surface area contributed by atoms with Crippen LogP contribution in [0, 0.1) is 0 Å². The van der Waals surface area contributed by atoms with Gasteiger partial charge in [0.05, 0.1) is 12.2 Å². The molecule has 1 aromatic carbocycles. The van der Waals surface area contributed by atoms with Gasteiger partial charge in [0.25, 0.3) is 0 Å². The van der Waals surface area contributed by atoms with Crippen molar-refractivity contribution in [3.63, 3.8) is 0 Å². The summed E-state index contributed by atoms with van der Waals surface area (Å²) in [5, 5.41) is 9.03. The summed E-state index contributed by atoms with van der Waals surface area (Å²) in [5.41, 5.74) is 0.148. The second kappa shape index (κ2) is 5.57. The lowest BCUT2D eigenvalue weighted by atomic mass is 10.2. The van der Waals surface area contributed by atoms with Gasteiger partial charge in [0.1, 0.15) is 17.1 Å². The summed E-state index contributed by atoms with van der Waals surface area (Å²) in [6.07, 6.45) is -0.0417. The van der Waals surface area contributed by atoms with Crippen molar-refractivity contribution in [2.24, 2.45) is 0 Å². The number of carbonyl (C=O) groups is 1. The zero-order valence-electron chi connectivity index (χ0n) is 10.6. The fourth-order valence-corrected chi connectivity index (χ4v) is 1.38. The highest BCUT2D eigenvalue weighted by atomic mass is 16.5. The molecule has 0 heterocycles. The molecule has 0 bridgehead atoms. The van der Waals surface area contributed by atoms with Crippen LogP contribution in [0.3, 0.4) is 0 Å². The Bertz CT molecular complexity index is 396. The fourth-order valence-electron chi connectivity index (χ4n) is 1.38. The highest BCUT2D eigenvalue weighted by Gasteiger charge is 2.14. The molecule has 0 aliphatic heterocycles. The van der Waals surface area contributed by atoms with Crippen LogP contribution in [0.1, 0.15) is 38.1 Å². The molecule has 94 valence electrons. The van der Waals surface area contributed by atoms with Crippen molar-refractivity contribution in [2.75, 3.05) is 0 Å². The Morgan fingerprint density at radius 2 is 1.71 bits per heavy atom. The van der Waals surface area contributed by atoms with Gasteiger partial charge in [-0.3, -0.25) is 0 Å². The van der Waals surface area contributed by atoms with E-state index in [0.29, 0.717) is 11.5 Å². The van der Waals surface area contributed by atoms with Crippen molar-refractivity contribution in [3.05, 3.63) is 23.8 Å². The van der Waals surface area contributed by atoms with Crippen LogP contribution in [0.25, 0.3) is 0 Å². The molecule has 0 fully saturated rings. The lowest BCUT2D eigenvalue weighted by Gasteiger charge is -2.15.